The molecule has 0 fully saturated rings. The van der Waals surface area contributed by atoms with Gasteiger partial charge in [-0.25, -0.2) is 8.78 Å². The van der Waals surface area contributed by atoms with Gasteiger partial charge < -0.3 is 9.72 Å². The first-order valence-corrected chi connectivity index (χ1v) is 7.85. The number of H-pyrrole nitrogens is 1. The maximum Gasteiger partial charge on any atom is 0.165 e. The number of hydrogen-bond donors (Lipinski definition) is 1. The summed E-state index contributed by atoms with van der Waals surface area (Å²) in [5.74, 6) is -1.15. The molecule has 3 rings (SSSR count). The van der Waals surface area contributed by atoms with Gasteiger partial charge in [-0.15, -0.1) is 0 Å². The minimum absolute atomic E-state index is 0.0437. The van der Waals surface area contributed by atoms with E-state index in [1.807, 2.05) is 31.2 Å². The number of aryl methyl sites for hydroxylation is 1. The maximum atomic E-state index is 13.7. The fourth-order valence-electron chi connectivity index (χ4n) is 2.32. The van der Waals surface area contributed by atoms with Crippen LogP contribution in [-0.2, 0) is 6.61 Å². The van der Waals surface area contributed by atoms with Crippen molar-refractivity contribution in [3.63, 3.8) is 0 Å². The lowest BCUT2D eigenvalue weighted by Gasteiger charge is -2.12. The van der Waals surface area contributed by atoms with Crippen molar-refractivity contribution in [1.82, 2.24) is 4.98 Å². The summed E-state index contributed by atoms with van der Waals surface area (Å²) in [6.45, 7) is 1.92. The largest absolute Gasteiger partial charge is 0.488 e. The molecule has 0 amide bonds. The zero-order chi connectivity index (χ0) is 16.4. The van der Waals surface area contributed by atoms with Crippen LogP contribution in [-0.4, -0.2) is 4.98 Å². The lowest BCUT2D eigenvalue weighted by molar-refractivity contribution is 0.298. The summed E-state index contributed by atoms with van der Waals surface area (Å²) in [7, 11) is 0. The van der Waals surface area contributed by atoms with Crippen LogP contribution in [0.5, 0.6) is 5.75 Å². The molecule has 0 bridgehead atoms. The van der Waals surface area contributed by atoms with Crippen LogP contribution in [0.2, 0.25) is 0 Å². The molecule has 0 atom stereocenters. The lowest BCUT2D eigenvalue weighted by atomic mass is 10.1. The number of aromatic amines is 1. The number of hydrogen-bond acceptors (Lipinski definition) is 1. The van der Waals surface area contributed by atoms with E-state index in [4.69, 9.17) is 4.74 Å². The van der Waals surface area contributed by atoms with Crippen molar-refractivity contribution in [2.24, 2.45) is 0 Å². The van der Waals surface area contributed by atoms with Crippen molar-refractivity contribution in [3.8, 4) is 17.0 Å². The Morgan fingerprint density at radius 2 is 1.91 bits per heavy atom. The Balaban J connectivity index is 1.90. The molecule has 118 valence electrons. The summed E-state index contributed by atoms with van der Waals surface area (Å²) in [4.78, 5) is 3.24. The summed E-state index contributed by atoms with van der Waals surface area (Å²) in [5.41, 5.74) is 2.96. The predicted octanol–water partition coefficient (Wildman–Crippen LogP) is 5.61. The number of benzene rings is 2. The molecule has 0 aliphatic heterocycles. The predicted molar refractivity (Wildman–Crippen MR) is 89.4 cm³/mol. The van der Waals surface area contributed by atoms with E-state index in [1.54, 1.807) is 6.07 Å². The molecular formula is C18H14BrF2NO. The highest BCUT2D eigenvalue weighted by molar-refractivity contribution is 9.10. The minimum Gasteiger partial charge on any atom is -0.488 e. The van der Waals surface area contributed by atoms with E-state index in [1.165, 1.54) is 12.1 Å². The maximum absolute atomic E-state index is 13.7. The van der Waals surface area contributed by atoms with Crippen LogP contribution in [0.15, 0.2) is 53.0 Å². The van der Waals surface area contributed by atoms with Gasteiger partial charge in [0.1, 0.15) is 12.4 Å². The number of aromatic nitrogens is 1. The van der Waals surface area contributed by atoms with E-state index in [2.05, 4.69) is 20.9 Å². The number of ether oxygens (including phenoxy) is 1. The van der Waals surface area contributed by atoms with Crippen molar-refractivity contribution >= 4 is 15.9 Å². The zero-order valence-corrected chi connectivity index (χ0v) is 14.0. The van der Waals surface area contributed by atoms with Crippen LogP contribution in [0.3, 0.4) is 0 Å². The molecule has 1 heterocycles. The molecule has 0 saturated heterocycles. The Kier molecular flexibility index (Phi) is 4.48. The summed E-state index contributed by atoms with van der Waals surface area (Å²) >= 11 is 3.44. The highest BCUT2D eigenvalue weighted by Crippen LogP contribution is 2.33. The quantitative estimate of drug-likeness (QED) is 0.627. The first-order chi connectivity index (χ1) is 11.0. The zero-order valence-electron chi connectivity index (χ0n) is 12.4. The van der Waals surface area contributed by atoms with Crippen molar-refractivity contribution < 1.29 is 13.5 Å². The van der Waals surface area contributed by atoms with Crippen LogP contribution >= 0.6 is 15.9 Å². The van der Waals surface area contributed by atoms with Crippen molar-refractivity contribution in [1.29, 1.82) is 0 Å². The third-order valence-corrected chi connectivity index (χ3v) is 3.97. The highest BCUT2D eigenvalue weighted by atomic mass is 79.9. The third kappa shape index (κ3) is 3.45. The monoisotopic (exact) mass is 377 g/mol. The second-order valence-electron chi connectivity index (χ2n) is 5.20. The topological polar surface area (TPSA) is 25.0 Å². The van der Waals surface area contributed by atoms with Gasteiger partial charge in [-0.3, -0.25) is 0 Å². The number of halogens is 3. The van der Waals surface area contributed by atoms with Gasteiger partial charge in [0.05, 0.1) is 0 Å². The molecule has 0 aliphatic rings. The molecule has 0 radical (unpaired) electrons. The van der Waals surface area contributed by atoms with Gasteiger partial charge in [0.25, 0.3) is 0 Å². The van der Waals surface area contributed by atoms with Crippen LogP contribution in [0, 0.1) is 18.6 Å². The fourth-order valence-corrected chi connectivity index (χ4v) is 2.68. The van der Waals surface area contributed by atoms with Crippen LogP contribution in [0.1, 0.15) is 11.3 Å². The van der Waals surface area contributed by atoms with E-state index in [0.29, 0.717) is 5.75 Å². The van der Waals surface area contributed by atoms with Gasteiger partial charge in [-0.1, -0.05) is 28.1 Å². The van der Waals surface area contributed by atoms with Crippen LogP contribution in [0.25, 0.3) is 11.3 Å². The molecule has 23 heavy (non-hydrogen) atoms. The number of rotatable bonds is 4. The average Bonchev–Trinajstić information content (AvgIpc) is 2.96. The highest BCUT2D eigenvalue weighted by Gasteiger charge is 2.12. The van der Waals surface area contributed by atoms with Crippen molar-refractivity contribution in [2.75, 3.05) is 0 Å². The first-order valence-electron chi connectivity index (χ1n) is 7.06. The molecule has 2 nitrogen and oxygen atoms in total. The second kappa shape index (κ2) is 6.54. The van der Waals surface area contributed by atoms with Crippen LogP contribution in [0.4, 0.5) is 8.78 Å². The normalized spacial score (nSPS) is 10.8. The summed E-state index contributed by atoms with van der Waals surface area (Å²) < 4.78 is 33.6. The van der Waals surface area contributed by atoms with E-state index in [-0.39, 0.29) is 12.2 Å². The molecule has 5 heteroatoms. The summed E-state index contributed by atoms with van der Waals surface area (Å²) in [5, 5.41) is 0. The first kappa shape index (κ1) is 15.7. The fraction of sp³-hybridized carbons (Fsp3) is 0.111. The Bertz CT molecular complexity index is 845. The molecule has 0 unspecified atom stereocenters. The Labute approximate surface area is 141 Å². The Hall–Kier alpha value is -2.14. The lowest BCUT2D eigenvalue weighted by Crippen LogP contribution is -2.01. The molecule has 3 aromatic rings. The van der Waals surface area contributed by atoms with Crippen molar-refractivity contribution in [3.05, 3.63) is 75.9 Å². The average molecular weight is 378 g/mol. The third-order valence-electron chi connectivity index (χ3n) is 3.48. The van der Waals surface area contributed by atoms with Gasteiger partial charge in [0.15, 0.2) is 11.6 Å². The minimum atomic E-state index is -0.873. The molecule has 2 aromatic carbocycles. The molecule has 0 aliphatic carbocycles. The second-order valence-corrected chi connectivity index (χ2v) is 6.11. The van der Waals surface area contributed by atoms with E-state index in [0.717, 1.165) is 27.5 Å². The van der Waals surface area contributed by atoms with E-state index < -0.39 is 11.6 Å². The number of nitrogens with one attached hydrogen (secondary N) is 1. The Morgan fingerprint density at radius 3 is 2.65 bits per heavy atom. The standard InChI is InChI=1S/C18H14BrF2NO/c1-11-5-7-16(22-11)14-9-13(19)6-8-17(14)23-10-12-3-2-4-15(20)18(12)21/h2-9,22H,10H2,1H3. The summed E-state index contributed by atoms with van der Waals surface area (Å²) in [6.07, 6.45) is 0. The van der Waals surface area contributed by atoms with Gasteiger partial charge in [0.2, 0.25) is 0 Å². The SMILES string of the molecule is Cc1ccc(-c2cc(Br)ccc2OCc2cccc(F)c2F)[nH]1. The summed E-state index contributed by atoms with van der Waals surface area (Å²) in [6, 6.07) is 13.5. The van der Waals surface area contributed by atoms with Gasteiger partial charge in [-0.05, 0) is 43.3 Å². The molecular weight excluding hydrogens is 364 g/mol. The molecule has 0 saturated carbocycles. The van der Waals surface area contributed by atoms with Gasteiger partial charge in [-0.2, -0.15) is 0 Å². The smallest absolute Gasteiger partial charge is 0.165 e. The Morgan fingerprint density at radius 1 is 1.09 bits per heavy atom. The molecule has 0 spiro atoms. The van der Waals surface area contributed by atoms with Gasteiger partial charge >= 0.3 is 0 Å². The van der Waals surface area contributed by atoms with Crippen molar-refractivity contribution in [2.45, 2.75) is 13.5 Å². The van der Waals surface area contributed by atoms with Crippen LogP contribution < -0.4 is 4.74 Å². The van der Waals surface area contributed by atoms with Gasteiger partial charge in [0, 0.05) is 27.0 Å². The molecule has 1 N–H and O–H groups in total. The molecule has 1 aromatic heterocycles. The van der Waals surface area contributed by atoms with E-state index >= 15 is 0 Å². The van der Waals surface area contributed by atoms with E-state index in [9.17, 15) is 8.78 Å².